The summed E-state index contributed by atoms with van der Waals surface area (Å²) in [5.41, 5.74) is 8.77. The van der Waals surface area contributed by atoms with Crippen molar-refractivity contribution >= 4 is 5.91 Å². The Balaban J connectivity index is 2.59. The van der Waals surface area contributed by atoms with E-state index in [-0.39, 0.29) is 12.5 Å². The molecular weight excluding hydrogens is 228 g/mol. The summed E-state index contributed by atoms with van der Waals surface area (Å²) in [6.45, 7) is 7.20. The van der Waals surface area contributed by atoms with E-state index in [2.05, 4.69) is 13.0 Å². The molecule has 0 atom stereocenters. The molecule has 1 aromatic carbocycles. The number of hydrogen-bond acceptors (Lipinski definition) is 3. The van der Waals surface area contributed by atoms with Crippen LogP contribution in [0, 0.1) is 20.8 Å². The van der Waals surface area contributed by atoms with E-state index in [9.17, 15) is 4.79 Å². The largest absolute Gasteiger partial charge is 0.491 e. The monoisotopic (exact) mass is 250 g/mol. The standard InChI is InChI=1S/C14H22N2O2/c1-10-5-6-11(2)14(12(10)3)18-8-7-16(4)13(17)9-15/h5-6H,7-9,15H2,1-4H3. The Labute approximate surface area is 109 Å². The van der Waals surface area contributed by atoms with Crippen LogP contribution >= 0.6 is 0 Å². The van der Waals surface area contributed by atoms with Gasteiger partial charge in [0.1, 0.15) is 12.4 Å². The highest BCUT2D eigenvalue weighted by Gasteiger charge is 2.09. The van der Waals surface area contributed by atoms with Gasteiger partial charge in [-0.15, -0.1) is 0 Å². The van der Waals surface area contributed by atoms with Crippen LogP contribution in [0.15, 0.2) is 12.1 Å². The number of amides is 1. The average Bonchev–Trinajstić information content (AvgIpc) is 2.36. The molecule has 0 bridgehead atoms. The first kappa shape index (κ1) is 14.5. The first-order chi connectivity index (χ1) is 8.47. The van der Waals surface area contributed by atoms with Gasteiger partial charge in [-0.1, -0.05) is 12.1 Å². The number of benzene rings is 1. The fraction of sp³-hybridized carbons (Fsp3) is 0.500. The Kier molecular flexibility index (Phi) is 5.16. The summed E-state index contributed by atoms with van der Waals surface area (Å²) in [5.74, 6) is 0.847. The summed E-state index contributed by atoms with van der Waals surface area (Å²) >= 11 is 0. The quantitative estimate of drug-likeness (QED) is 0.859. The maximum atomic E-state index is 11.3. The lowest BCUT2D eigenvalue weighted by molar-refractivity contribution is -0.128. The molecule has 4 nitrogen and oxygen atoms in total. The first-order valence-electron chi connectivity index (χ1n) is 6.11. The molecule has 0 fully saturated rings. The van der Waals surface area contributed by atoms with Crippen LogP contribution in [0.5, 0.6) is 5.75 Å². The SMILES string of the molecule is Cc1ccc(C)c(OCCN(C)C(=O)CN)c1C. The van der Waals surface area contributed by atoms with Gasteiger partial charge in [-0.2, -0.15) is 0 Å². The first-order valence-corrected chi connectivity index (χ1v) is 6.11. The van der Waals surface area contributed by atoms with Crippen LogP contribution < -0.4 is 10.5 Å². The number of likely N-dealkylation sites (N-methyl/N-ethyl adjacent to an activating group) is 1. The molecule has 4 heteroatoms. The average molecular weight is 250 g/mol. The number of aryl methyl sites for hydroxylation is 2. The zero-order valence-electron chi connectivity index (χ0n) is 11.6. The van der Waals surface area contributed by atoms with Gasteiger partial charge in [0.05, 0.1) is 13.1 Å². The second kappa shape index (κ2) is 6.40. The van der Waals surface area contributed by atoms with E-state index in [4.69, 9.17) is 10.5 Å². The van der Waals surface area contributed by atoms with Gasteiger partial charge in [-0.3, -0.25) is 4.79 Å². The predicted molar refractivity (Wildman–Crippen MR) is 72.8 cm³/mol. The normalized spacial score (nSPS) is 10.3. The van der Waals surface area contributed by atoms with Crippen LogP contribution in [-0.2, 0) is 4.79 Å². The number of nitrogens with zero attached hydrogens (tertiary/aromatic N) is 1. The van der Waals surface area contributed by atoms with Gasteiger partial charge < -0.3 is 15.4 Å². The van der Waals surface area contributed by atoms with Crippen molar-refractivity contribution in [1.29, 1.82) is 0 Å². The zero-order chi connectivity index (χ0) is 13.7. The number of carbonyl (C=O) groups excluding carboxylic acids is 1. The minimum absolute atomic E-state index is 0.0407. The smallest absolute Gasteiger partial charge is 0.236 e. The third-order valence-electron chi connectivity index (χ3n) is 3.15. The molecule has 0 aliphatic heterocycles. The third-order valence-corrected chi connectivity index (χ3v) is 3.15. The molecule has 1 rings (SSSR count). The molecule has 100 valence electrons. The Morgan fingerprint density at radius 1 is 1.28 bits per heavy atom. The topological polar surface area (TPSA) is 55.6 Å². The third kappa shape index (κ3) is 3.47. The van der Waals surface area contributed by atoms with Gasteiger partial charge in [0.2, 0.25) is 5.91 Å². The second-order valence-electron chi connectivity index (χ2n) is 4.52. The molecule has 0 aliphatic carbocycles. The Morgan fingerprint density at radius 2 is 1.89 bits per heavy atom. The molecular formula is C14H22N2O2. The molecule has 0 heterocycles. The van der Waals surface area contributed by atoms with Crippen molar-refractivity contribution in [3.8, 4) is 5.75 Å². The maximum Gasteiger partial charge on any atom is 0.236 e. The number of hydrogen-bond donors (Lipinski definition) is 1. The molecule has 0 saturated heterocycles. The van der Waals surface area contributed by atoms with Crippen molar-refractivity contribution in [2.45, 2.75) is 20.8 Å². The van der Waals surface area contributed by atoms with Gasteiger partial charge in [0.25, 0.3) is 0 Å². The lowest BCUT2D eigenvalue weighted by Gasteiger charge is -2.18. The Morgan fingerprint density at radius 3 is 2.50 bits per heavy atom. The summed E-state index contributed by atoms with van der Waals surface area (Å²) in [4.78, 5) is 12.9. The van der Waals surface area contributed by atoms with Crippen LogP contribution in [0.25, 0.3) is 0 Å². The van der Waals surface area contributed by atoms with Crippen LogP contribution in [0.1, 0.15) is 16.7 Å². The fourth-order valence-corrected chi connectivity index (χ4v) is 1.71. The fourth-order valence-electron chi connectivity index (χ4n) is 1.71. The van der Waals surface area contributed by atoms with Gasteiger partial charge in [-0.05, 0) is 37.5 Å². The van der Waals surface area contributed by atoms with Crippen LogP contribution in [0.3, 0.4) is 0 Å². The zero-order valence-corrected chi connectivity index (χ0v) is 11.6. The van der Waals surface area contributed by atoms with Crippen molar-refractivity contribution in [2.24, 2.45) is 5.73 Å². The Bertz CT molecular complexity index is 430. The molecule has 0 radical (unpaired) electrons. The van der Waals surface area contributed by atoms with E-state index in [1.807, 2.05) is 19.9 Å². The molecule has 1 amide bonds. The molecule has 0 aliphatic rings. The molecule has 1 aromatic rings. The number of ether oxygens (including phenoxy) is 1. The van der Waals surface area contributed by atoms with E-state index in [0.29, 0.717) is 13.2 Å². The summed E-state index contributed by atoms with van der Waals surface area (Å²) in [6, 6.07) is 4.13. The molecule has 0 aromatic heterocycles. The van der Waals surface area contributed by atoms with Crippen LogP contribution in [-0.4, -0.2) is 37.6 Å². The lowest BCUT2D eigenvalue weighted by atomic mass is 10.1. The summed E-state index contributed by atoms with van der Waals surface area (Å²) in [6.07, 6.45) is 0. The minimum Gasteiger partial charge on any atom is -0.491 e. The van der Waals surface area contributed by atoms with Gasteiger partial charge >= 0.3 is 0 Å². The summed E-state index contributed by atoms with van der Waals surface area (Å²) < 4.78 is 5.78. The molecule has 0 unspecified atom stereocenters. The summed E-state index contributed by atoms with van der Waals surface area (Å²) in [5, 5.41) is 0. The number of carbonyl (C=O) groups is 1. The van der Waals surface area contributed by atoms with Crippen LogP contribution in [0.4, 0.5) is 0 Å². The highest BCUT2D eigenvalue weighted by atomic mass is 16.5. The highest BCUT2D eigenvalue weighted by molar-refractivity contribution is 5.77. The van der Waals surface area contributed by atoms with Crippen LogP contribution in [0.2, 0.25) is 0 Å². The van der Waals surface area contributed by atoms with Gasteiger partial charge in [-0.25, -0.2) is 0 Å². The van der Waals surface area contributed by atoms with E-state index < -0.39 is 0 Å². The molecule has 0 saturated carbocycles. The number of rotatable bonds is 5. The molecule has 0 spiro atoms. The molecule has 18 heavy (non-hydrogen) atoms. The highest BCUT2D eigenvalue weighted by Crippen LogP contribution is 2.25. The van der Waals surface area contributed by atoms with Gasteiger partial charge in [0.15, 0.2) is 0 Å². The van der Waals surface area contributed by atoms with Crippen molar-refractivity contribution in [1.82, 2.24) is 4.90 Å². The second-order valence-corrected chi connectivity index (χ2v) is 4.52. The number of nitrogens with two attached hydrogens (primary N) is 1. The maximum absolute atomic E-state index is 11.3. The summed E-state index contributed by atoms with van der Waals surface area (Å²) in [7, 11) is 1.73. The Hall–Kier alpha value is -1.55. The molecule has 2 N–H and O–H groups in total. The van der Waals surface area contributed by atoms with Crippen molar-refractivity contribution in [3.63, 3.8) is 0 Å². The van der Waals surface area contributed by atoms with Crippen molar-refractivity contribution < 1.29 is 9.53 Å². The predicted octanol–water partition coefficient (Wildman–Crippen LogP) is 1.41. The minimum atomic E-state index is -0.0729. The van der Waals surface area contributed by atoms with E-state index >= 15 is 0 Å². The van der Waals surface area contributed by atoms with E-state index in [1.165, 1.54) is 5.56 Å². The van der Waals surface area contributed by atoms with E-state index in [1.54, 1.807) is 11.9 Å². The lowest BCUT2D eigenvalue weighted by Crippen LogP contribution is -2.35. The van der Waals surface area contributed by atoms with Crippen molar-refractivity contribution in [3.05, 3.63) is 28.8 Å². The van der Waals surface area contributed by atoms with E-state index in [0.717, 1.165) is 16.9 Å². The van der Waals surface area contributed by atoms with Crippen molar-refractivity contribution in [2.75, 3.05) is 26.7 Å². The van der Waals surface area contributed by atoms with Gasteiger partial charge in [0, 0.05) is 7.05 Å².